The second-order valence-electron chi connectivity index (χ2n) is 10.6. The van der Waals surface area contributed by atoms with Crippen LogP contribution in [-0.4, -0.2) is 85.1 Å². The second-order valence-corrected chi connectivity index (χ2v) is 12.6. The Kier molecular flexibility index (Phi) is 10.8. The smallest absolute Gasteiger partial charge is 0.421 e. The zero-order valence-electron chi connectivity index (χ0n) is 25.8. The molecule has 1 aliphatic rings. The molecule has 3 aromatic rings. The minimum Gasteiger partial charge on any atom is -0.495 e. The lowest BCUT2D eigenvalue weighted by atomic mass is 9.96. The summed E-state index contributed by atoms with van der Waals surface area (Å²) in [5, 5.41) is 8.29. The highest BCUT2D eigenvalue weighted by Crippen LogP contribution is 2.35. The fourth-order valence-electron chi connectivity index (χ4n) is 4.74. The number of halogens is 3. The van der Waals surface area contributed by atoms with Gasteiger partial charge in [0.05, 0.1) is 25.6 Å². The van der Waals surface area contributed by atoms with Crippen LogP contribution in [0, 0.1) is 5.92 Å². The molecule has 2 amide bonds. The number of anilines is 4. The van der Waals surface area contributed by atoms with Crippen molar-refractivity contribution in [2.75, 3.05) is 55.0 Å². The maximum atomic E-state index is 13.8. The highest BCUT2D eigenvalue weighted by atomic mass is 32.2. The molecular formula is C29H34F3N9O5S. The van der Waals surface area contributed by atoms with Gasteiger partial charge in [-0.05, 0) is 43.0 Å². The predicted octanol–water partition coefficient (Wildman–Crippen LogP) is 3.20. The Balaban J connectivity index is 1.47. The average Bonchev–Trinajstić information content (AvgIpc) is 3.05. The first kappa shape index (κ1) is 34.9. The van der Waals surface area contributed by atoms with E-state index in [0.717, 1.165) is 23.4 Å². The molecule has 0 saturated carbocycles. The molecule has 4 rings (SSSR count). The van der Waals surface area contributed by atoms with Crippen LogP contribution in [0.25, 0.3) is 0 Å². The van der Waals surface area contributed by atoms with Gasteiger partial charge < -0.3 is 25.6 Å². The fourth-order valence-corrected chi connectivity index (χ4v) is 5.20. The van der Waals surface area contributed by atoms with E-state index in [-0.39, 0.29) is 53.2 Å². The number of hydrogen-bond donors (Lipinski definition) is 3. The third kappa shape index (κ3) is 8.84. The molecule has 1 saturated heterocycles. The van der Waals surface area contributed by atoms with E-state index in [2.05, 4.69) is 42.5 Å². The van der Waals surface area contributed by atoms with E-state index in [1.165, 1.54) is 50.8 Å². The number of nitrogens with one attached hydrogen (secondary N) is 3. The van der Waals surface area contributed by atoms with Crippen LogP contribution in [0.15, 0.2) is 49.4 Å². The van der Waals surface area contributed by atoms with Gasteiger partial charge in [0.1, 0.15) is 22.8 Å². The zero-order valence-corrected chi connectivity index (χ0v) is 26.7. The summed E-state index contributed by atoms with van der Waals surface area (Å²) in [7, 11) is -1.11. The Morgan fingerprint density at radius 2 is 1.87 bits per heavy atom. The first-order valence-electron chi connectivity index (χ1n) is 14.3. The van der Waals surface area contributed by atoms with Crippen LogP contribution in [-0.2, 0) is 27.5 Å². The van der Waals surface area contributed by atoms with E-state index >= 15 is 0 Å². The van der Waals surface area contributed by atoms with Gasteiger partial charge in [0, 0.05) is 50.8 Å². The molecular weight excluding hydrogens is 643 g/mol. The lowest BCUT2D eigenvalue weighted by Gasteiger charge is -2.31. The molecule has 0 bridgehead atoms. The molecule has 0 atom stereocenters. The zero-order chi connectivity index (χ0) is 34.4. The molecule has 0 radical (unpaired) electrons. The maximum absolute atomic E-state index is 13.8. The van der Waals surface area contributed by atoms with Gasteiger partial charge >= 0.3 is 6.18 Å². The molecule has 1 aliphatic heterocycles. The molecule has 252 valence electrons. The molecule has 47 heavy (non-hydrogen) atoms. The number of nitrogens with zero attached hydrogens (tertiary/aromatic N) is 6. The second kappa shape index (κ2) is 14.6. The highest BCUT2D eigenvalue weighted by Gasteiger charge is 2.35. The number of ether oxygens (including phenoxy) is 1. The third-order valence-corrected chi connectivity index (χ3v) is 8.60. The number of amides is 2. The average molecular weight is 678 g/mol. The number of aromatic nitrogens is 4. The molecule has 1 aromatic carbocycles. The van der Waals surface area contributed by atoms with Crippen LogP contribution in [0.5, 0.6) is 5.75 Å². The lowest BCUT2D eigenvalue weighted by molar-refractivity contribution is -0.137. The van der Waals surface area contributed by atoms with Crippen molar-refractivity contribution in [2.45, 2.75) is 25.6 Å². The van der Waals surface area contributed by atoms with Crippen molar-refractivity contribution in [1.82, 2.24) is 30.2 Å². The summed E-state index contributed by atoms with van der Waals surface area (Å²) in [6.45, 7) is 4.76. The Morgan fingerprint density at radius 3 is 2.51 bits per heavy atom. The van der Waals surface area contributed by atoms with Crippen molar-refractivity contribution in [2.24, 2.45) is 5.92 Å². The number of piperidine rings is 1. The van der Waals surface area contributed by atoms with Crippen molar-refractivity contribution in [3.8, 4) is 5.75 Å². The van der Waals surface area contributed by atoms with E-state index < -0.39 is 27.6 Å². The maximum Gasteiger partial charge on any atom is 0.421 e. The van der Waals surface area contributed by atoms with Crippen LogP contribution in [0.4, 0.5) is 36.4 Å². The molecule has 18 heteroatoms. The molecule has 3 N–H and O–H groups in total. The number of alkyl halides is 3. The number of likely N-dealkylation sites (tertiary alicyclic amines) is 1. The number of sulfonamides is 1. The van der Waals surface area contributed by atoms with Gasteiger partial charge in [-0.1, -0.05) is 6.58 Å². The number of benzene rings is 1. The van der Waals surface area contributed by atoms with Crippen molar-refractivity contribution < 1.29 is 35.9 Å². The van der Waals surface area contributed by atoms with Crippen LogP contribution in [0.2, 0.25) is 0 Å². The molecule has 0 aliphatic carbocycles. The van der Waals surface area contributed by atoms with Gasteiger partial charge in [-0.3, -0.25) is 18.9 Å². The van der Waals surface area contributed by atoms with E-state index in [1.807, 2.05) is 0 Å². The fraction of sp³-hybridized carbons (Fsp3) is 0.379. The number of hydrogen-bond acceptors (Lipinski definition) is 11. The molecule has 0 spiro atoms. The van der Waals surface area contributed by atoms with Crippen molar-refractivity contribution in [3.63, 3.8) is 0 Å². The molecule has 14 nitrogen and oxygen atoms in total. The van der Waals surface area contributed by atoms with Crippen LogP contribution < -0.4 is 25.0 Å². The minimum atomic E-state index is -4.82. The quantitative estimate of drug-likeness (QED) is 0.241. The first-order valence-corrected chi connectivity index (χ1v) is 16.1. The SMILES string of the molecule is C=CC(=O)N1CCC(CNC(=O)c2ccc(Nc3ncc(C(F)(F)F)c(NCc4nccnc4N(C)S(C)(=O)=O)n3)c(OC)c2)CC1. The van der Waals surface area contributed by atoms with Crippen molar-refractivity contribution >= 4 is 45.1 Å². The summed E-state index contributed by atoms with van der Waals surface area (Å²) < 4.78 is 71.9. The monoisotopic (exact) mass is 677 g/mol. The summed E-state index contributed by atoms with van der Waals surface area (Å²) in [4.78, 5) is 42.3. The van der Waals surface area contributed by atoms with Crippen LogP contribution >= 0.6 is 0 Å². The Hall–Kier alpha value is -5.00. The summed E-state index contributed by atoms with van der Waals surface area (Å²) in [5.74, 6) is -0.924. The summed E-state index contributed by atoms with van der Waals surface area (Å²) >= 11 is 0. The van der Waals surface area contributed by atoms with Gasteiger partial charge in [-0.25, -0.2) is 18.4 Å². The van der Waals surface area contributed by atoms with Crippen LogP contribution in [0.1, 0.15) is 34.5 Å². The first-order chi connectivity index (χ1) is 22.2. The van der Waals surface area contributed by atoms with Gasteiger partial charge in [-0.2, -0.15) is 18.2 Å². The number of rotatable bonds is 12. The summed E-state index contributed by atoms with van der Waals surface area (Å²) in [6.07, 6.45) is 2.05. The van der Waals surface area contributed by atoms with Gasteiger partial charge in [0.15, 0.2) is 5.82 Å². The van der Waals surface area contributed by atoms with Crippen LogP contribution in [0.3, 0.4) is 0 Å². The topological polar surface area (TPSA) is 172 Å². The highest BCUT2D eigenvalue weighted by molar-refractivity contribution is 7.92. The van der Waals surface area contributed by atoms with Gasteiger partial charge in [-0.15, -0.1) is 0 Å². The largest absolute Gasteiger partial charge is 0.495 e. The lowest BCUT2D eigenvalue weighted by Crippen LogP contribution is -2.40. The predicted molar refractivity (Wildman–Crippen MR) is 168 cm³/mol. The van der Waals surface area contributed by atoms with Crippen molar-refractivity contribution in [1.29, 1.82) is 0 Å². The number of carbonyl (C=O) groups excluding carboxylic acids is 2. The number of carbonyl (C=O) groups is 2. The van der Waals surface area contributed by atoms with Crippen molar-refractivity contribution in [3.05, 3.63) is 66.3 Å². The molecule has 2 aromatic heterocycles. The van der Waals surface area contributed by atoms with E-state index in [9.17, 15) is 31.2 Å². The van der Waals surface area contributed by atoms with E-state index in [4.69, 9.17) is 4.74 Å². The van der Waals surface area contributed by atoms with E-state index in [0.29, 0.717) is 31.4 Å². The molecule has 1 fully saturated rings. The summed E-state index contributed by atoms with van der Waals surface area (Å²) in [5.41, 5.74) is -0.534. The molecule has 3 heterocycles. The van der Waals surface area contributed by atoms with Gasteiger partial charge in [0.2, 0.25) is 21.9 Å². The molecule has 0 unspecified atom stereocenters. The van der Waals surface area contributed by atoms with Gasteiger partial charge in [0.25, 0.3) is 5.91 Å². The third-order valence-electron chi connectivity index (χ3n) is 7.43. The minimum absolute atomic E-state index is 0.0606. The Morgan fingerprint density at radius 1 is 1.17 bits per heavy atom. The Labute approximate surface area is 269 Å². The normalized spacial score (nSPS) is 13.9. The number of methoxy groups -OCH3 is 1. The Bertz CT molecular complexity index is 1730. The standard InChI is InChI=1S/C29H34F3N9O5S/c1-5-24(42)41-12-8-18(9-13-41)15-36-27(43)19-6-7-21(23(14-19)46-3)38-28-37-16-20(29(30,31)32)25(39-28)35-17-22-26(34-11-10-33-22)40(2)47(4,44)45/h5-7,10-11,14,16,18H,1,8-9,12-13,15,17H2,2-4H3,(H,36,43)(H2,35,37,38,39). The van der Waals surface area contributed by atoms with E-state index in [1.54, 1.807) is 4.90 Å². The summed E-state index contributed by atoms with van der Waals surface area (Å²) in [6, 6.07) is 4.50.